The Morgan fingerprint density at radius 3 is 2.60 bits per heavy atom. The van der Waals surface area contributed by atoms with Gasteiger partial charge in [-0.05, 0) is 6.42 Å². The van der Waals surface area contributed by atoms with Gasteiger partial charge in [0.15, 0.2) is 0 Å². The predicted octanol–water partition coefficient (Wildman–Crippen LogP) is -0.0718. The zero-order chi connectivity index (χ0) is 11.4. The molecule has 0 aromatic carbocycles. The number of nitrogens with one attached hydrogen (secondary N) is 1. The van der Waals surface area contributed by atoms with Crippen molar-refractivity contribution < 1.29 is 19.4 Å². The van der Waals surface area contributed by atoms with Crippen molar-refractivity contribution in [2.24, 2.45) is 0 Å². The fourth-order valence-corrected chi connectivity index (χ4v) is 0.929. The van der Waals surface area contributed by atoms with E-state index in [9.17, 15) is 4.79 Å². The summed E-state index contributed by atoms with van der Waals surface area (Å²) in [6.07, 6.45) is 1.36. The number of aliphatic hydroxyl groups is 1. The number of amides is 1. The molecule has 15 heavy (non-hydrogen) atoms. The molecule has 0 aromatic rings. The smallest absolute Gasteiger partial charge is 0.222 e. The normalized spacial score (nSPS) is 10.3. The van der Waals surface area contributed by atoms with Gasteiger partial charge in [-0.15, -0.1) is 0 Å². The highest BCUT2D eigenvalue weighted by Gasteiger charge is 1.99. The van der Waals surface area contributed by atoms with E-state index in [4.69, 9.17) is 14.6 Å². The minimum absolute atomic E-state index is 0.0127. The fraction of sp³-hybridized carbons (Fsp3) is 0.900. The van der Waals surface area contributed by atoms with Crippen LogP contribution in [-0.4, -0.2) is 50.6 Å². The van der Waals surface area contributed by atoms with Crippen molar-refractivity contribution in [1.29, 1.82) is 0 Å². The van der Waals surface area contributed by atoms with Crippen LogP contribution in [0.4, 0.5) is 0 Å². The summed E-state index contributed by atoms with van der Waals surface area (Å²) in [5.41, 5.74) is 0. The van der Waals surface area contributed by atoms with Crippen molar-refractivity contribution >= 4 is 5.91 Å². The Kier molecular flexibility index (Phi) is 10.9. The highest BCUT2D eigenvalue weighted by Crippen LogP contribution is 1.85. The minimum atomic E-state index is -0.0290. The second-order valence-corrected chi connectivity index (χ2v) is 3.05. The van der Waals surface area contributed by atoms with Crippen LogP contribution in [0, 0.1) is 0 Å². The van der Waals surface area contributed by atoms with E-state index in [1.54, 1.807) is 0 Å². The van der Waals surface area contributed by atoms with Gasteiger partial charge in [0.25, 0.3) is 0 Å². The average molecular weight is 219 g/mol. The SMILES string of the molecule is CCCOCCC(=O)NCCOCCO. The number of aliphatic hydroxyl groups excluding tert-OH is 1. The number of rotatable bonds is 10. The third-order valence-electron chi connectivity index (χ3n) is 1.63. The molecule has 0 fully saturated rings. The molecule has 0 saturated carbocycles. The largest absolute Gasteiger partial charge is 0.394 e. The van der Waals surface area contributed by atoms with E-state index in [1.807, 2.05) is 6.92 Å². The highest BCUT2D eigenvalue weighted by molar-refractivity contribution is 5.75. The summed E-state index contributed by atoms with van der Waals surface area (Å²) in [5, 5.41) is 11.1. The Hall–Kier alpha value is -0.650. The van der Waals surface area contributed by atoms with Gasteiger partial charge in [0, 0.05) is 19.6 Å². The lowest BCUT2D eigenvalue weighted by Crippen LogP contribution is -2.28. The topological polar surface area (TPSA) is 67.8 Å². The molecule has 0 atom stereocenters. The molecule has 0 aromatic heterocycles. The third kappa shape index (κ3) is 11.3. The highest BCUT2D eigenvalue weighted by atomic mass is 16.5. The van der Waals surface area contributed by atoms with Crippen LogP contribution in [0.1, 0.15) is 19.8 Å². The van der Waals surface area contributed by atoms with E-state index in [1.165, 1.54) is 0 Å². The molecule has 0 aliphatic heterocycles. The summed E-state index contributed by atoms with van der Waals surface area (Å²) in [7, 11) is 0. The number of carbonyl (C=O) groups is 1. The molecular weight excluding hydrogens is 198 g/mol. The maximum atomic E-state index is 11.1. The van der Waals surface area contributed by atoms with Crippen molar-refractivity contribution in [2.45, 2.75) is 19.8 Å². The Bertz CT molecular complexity index is 152. The summed E-state index contributed by atoms with van der Waals surface area (Å²) in [6.45, 7) is 4.44. The van der Waals surface area contributed by atoms with Crippen LogP contribution < -0.4 is 5.32 Å². The number of hydrogen-bond donors (Lipinski definition) is 2. The third-order valence-corrected chi connectivity index (χ3v) is 1.63. The zero-order valence-corrected chi connectivity index (χ0v) is 9.33. The first kappa shape index (κ1) is 14.3. The predicted molar refractivity (Wildman–Crippen MR) is 56.6 cm³/mol. The molecule has 0 bridgehead atoms. The zero-order valence-electron chi connectivity index (χ0n) is 9.33. The molecule has 0 rings (SSSR count). The number of carbonyl (C=O) groups excluding carboxylic acids is 1. The average Bonchev–Trinajstić information content (AvgIpc) is 2.24. The van der Waals surface area contributed by atoms with Gasteiger partial charge < -0.3 is 19.9 Å². The van der Waals surface area contributed by atoms with E-state index >= 15 is 0 Å². The Balaban J connectivity index is 3.11. The standard InChI is InChI=1S/C10H21NO4/c1-2-6-14-7-3-10(13)11-4-8-15-9-5-12/h12H,2-9H2,1H3,(H,11,13). The molecule has 0 aliphatic carbocycles. The molecule has 0 radical (unpaired) electrons. The van der Waals surface area contributed by atoms with Gasteiger partial charge in [0.2, 0.25) is 5.91 Å². The Morgan fingerprint density at radius 1 is 1.20 bits per heavy atom. The second-order valence-electron chi connectivity index (χ2n) is 3.05. The van der Waals surface area contributed by atoms with Crippen LogP contribution >= 0.6 is 0 Å². The molecule has 5 nitrogen and oxygen atoms in total. The van der Waals surface area contributed by atoms with E-state index in [0.29, 0.717) is 39.4 Å². The second kappa shape index (κ2) is 11.4. The van der Waals surface area contributed by atoms with Crippen molar-refractivity contribution in [3.63, 3.8) is 0 Å². The monoisotopic (exact) mass is 219 g/mol. The molecule has 0 heterocycles. The van der Waals surface area contributed by atoms with Crippen molar-refractivity contribution in [3.8, 4) is 0 Å². The van der Waals surface area contributed by atoms with Gasteiger partial charge in [-0.3, -0.25) is 4.79 Å². The van der Waals surface area contributed by atoms with Crippen LogP contribution in [0.15, 0.2) is 0 Å². The van der Waals surface area contributed by atoms with Gasteiger partial charge in [0.1, 0.15) is 0 Å². The number of ether oxygens (including phenoxy) is 2. The first-order valence-electron chi connectivity index (χ1n) is 5.34. The van der Waals surface area contributed by atoms with Crippen LogP contribution in [0.2, 0.25) is 0 Å². The maximum Gasteiger partial charge on any atom is 0.222 e. The molecule has 1 amide bonds. The van der Waals surface area contributed by atoms with E-state index in [2.05, 4.69) is 5.32 Å². The van der Waals surface area contributed by atoms with Crippen LogP contribution in [0.25, 0.3) is 0 Å². The van der Waals surface area contributed by atoms with E-state index in [-0.39, 0.29) is 12.5 Å². The summed E-state index contributed by atoms with van der Waals surface area (Å²) in [6, 6.07) is 0. The maximum absolute atomic E-state index is 11.1. The molecule has 0 saturated heterocycles. The van der Waals surface area contributed by atoms with Gasteiger partial charge in [-0.25, -0.2) is 0 Å². The van der Waals surface area contributed by atoms with Crippen molar-refractivity contribution in [2.75, 3.05) is 39.6 Å². The Labute approximate surface area is 90.8 Å². The van der Waals surface area contributed by atoms with Crippen LogP contribution in [-0.2, 0) is 14.3 Å². The molecule has 5 heteroatoms. The van der Waals surface area contributed by atoms with Gasteiger partial charge in [-0.2, -0.15) is 0 Å². The van der Waals surface area contributed by atoms with Gasteiger partial charge in [0.05, 0.1) is 26.4 Å². The molecular formula is C10H21NO4. The molecule has 0 aliphatic rings. The van der Waals surface area contributed by atoms with E-state index < -0.39 is 0 Å². The molecule has 90 valence electrons. The van der Waals surface area contributed by atoms with Crippen molar-refractivity contribution in [1.82, 2.24) is 5.32 Å². The summed E-state index contributed by atoms with van der Waals surface area (Å²) < 4.78 is 10.2. The fourth-order valence-electron chi connectivity index (χ4n) is 0.929. The van der Waals surface area contributed by atoms with Crippen molar-refractivity contribution in [3.05, 3.63) is 0 Å². The summed E-state index contributed by atoms with van der Waals surface area (Å²) in [5.74, 6) is -0.0290. The van der Waals surface area contributed by atoms with Gasteiger partial charge in [-0.1, -0.05) is 6.92 Å². The first-order chi connectivity index (χ1) is 7.31. The van der Waals surface area contributed by atoms with Gasteiger partial charge >= 0.3 is 0 Å². The first-order valence-corrected chi connectivity index (χ1v) is 5.34. The van der Waals surface area contributed by atoms with Crippen LogP contribution in [0.5, 0.6) is 0 Å². The lowest BCUT2D eigenvalue weighted by atomic mass is 10.4. The quantitative estimate of drug-likeness (QED) is 0.505. The van der Waals surface area contributed by atoms with Crippen LogP contribution in [0.3, 0.4) is 0 Å². The molecule has 0 spiro atoms. The molecule has 2 N–H and O–H groups in total. The lowest BCUT2D eigenvalue weighted by Gasteiger charge is -2.05. The Morgan fingerprint density at radius 2 is 1.93 bits per heavy atom. The summed E-state index contributed by atoms with van der Waals surface area (Å²) >= 11 is 0. The lowest BCUT2D eigenvalue weighted by molar-refractivity contribution is -0.122. The number of hydrogen-bond acceptors (Lipinski definition) is 4. The van der Waals surface area contributed by atoms with E-state index in [0.717, 1.165) is 6.42 Å². The summed E-state index contributed by atoms with van der Waals surface area (Å²) in [4.78, 5) is 11.1. The molecule has 0 unspecified atom stereocenters. The minimum Gasteiger partial charge on any atom is -0.394 e.